The molecule has 0 amide bonds. The first-order valence-electron chi connectivity index (χ1n) is 7.46. The number of benzene rings is 1. The van der Waals surface area contributed by atoms with Crippen LogP contribution in [0.2, 0.25) is 0 Å². The van der Waals surface area contributed by atoms with Crippen LogP contribution >= 0.6 is 0 Å². The summed E-state index contributed by atoms with van der Waals surface area (Å²) in [5.74, 6) is 0.964. The fourth-order valence-corrected chi connectivity index (χ4v) is 2.43. The topological polar surface area (TPSA) is 14.2 Å². The van der Waals surface area contributed by atoms with Gasteiger partial charge in [-0.05, 0) is 44.5 Å². The first kappa shape index (κ1) is 14.0. The molecule has 0 aliphatic heterocycles. The summed E-state index contributed by atoms with van der Waals surface area (Å²) >= 11 is 0. The molecule has 0 unspecified atom stereocenters. The molecule has 0 radical (unpaired) electrons. The summed E-state index contributed by atoms with van der Waals surface area (Å²) in [5.41, 5.74) is 1.31. The van der Waals surface area contributed by atoms with Crippen molar-refractivity contribution in [3.8, 4) is 5.75 Å². The molecule has 104 valence electrons. The van der Waals surface area contributed by atoms with E-state index >= 15 is 0 Å². The maximum absolute atomic E-state index is 5.74. The number of ether oxygens (including phenoxy) is 1. The lowest BCUT2D eigenvalue weighted by molar-refractivity contribution is 0.243. The van der Waals surface area contributed by atoms with Crippen LogP contribution in [0.4, 0.5) is 0 Å². The highest BCUT2D eigenvalue weighted by atomic mass is 16.5. The fourth-order valence-electron chi connectivity index (χ4n) is 2.43. The van der Waals surface area contributed by atoms with Crippen LogP contribution in [-0.4, -0.2) is 10.7 Å². The molecule has 1 aromatic heterocycles. The molecule has 1 heterocycles. The molecule has 2 nitrogen and oxygen atoms in total. The van der Waals surface area contributed by atoms with Crippen molar-refractivity contribution in [3.63, 3.8) is 0 Å². The number of aryl methyl sites for hydroxylation is 1. The summed E-state index contributed by atoms with van der Waals surface area (Å²) in [6.45, 7) is 7.49. The SMILES string of the molecule is CCCCCCn1ccc2cc(OC(C)C)ccc21. The van der Waals surface area contributed by atoms with Gasteiger partial charge in [-0.25, -0.2) is 0 Å². The van der Waals surface area contributed by atoms with Crippen LogP contribution in [0.15, 0.2) is 30.5 Å². The summed E-state index contributed by atoms with van der Waals surface area (Å²) in [6.07, 6.45) is 7.64. The van der Waals surface area contributed by atoms with E-state index in [-0.39, 0.29) is 6.10 Å². The van der Waals surface area contributed by atoms with Crippen molar-refractivity contribution >= 4 is 10.9 Å². The Morgan fingerprint density at radius 1 is 1.11 bits per heavy atom. The van der Waals surface area contributed by atoms with Crippen LogP contribution in [0.1, 0.15) is 46.5 Å². The van der Waals surface area contributed by atoms with Gasteiger partial charge in [-0.15, -0.1) is 0 Å². The van der Waals surface area contributed by atoms with Crippen LogP contribution in [0, 0.1) is 0 Å². The van der Waals surface area contributed by atoms with Gasteiger partial charge in [0.25, 0.3) is 0 Å². The quantitative estimate of drug-likeness (QED) is 0.638. The molecule has 0 atom stereocenters. The molecular weight excluding hydrogens is 234 g/mol. The van der Waals surface area contributed by atoms with Crippen LogP contribution < -0.4 is 4.74 Å². The molecule has 19 heavy (non-hydrogen) atoms. The number of unbranched alkanes of at least 4 members (excludes halogenated alkanes) is 3. The number of aromatic nitrogens is 1. The third-order valence-electron chi connectivity index (χ3n) is 3.37. The zero-order valence-corrected chi connectivity index (χ0v) is 12.4. The van der Waals surface area contributed by atoms with Gasteiger partial charge in [0.2, 0.25) is 0 Å². The van der Waals surface area contributed by atoms with Gasteiger partial charge in [-0.2, -0.15) is 0 Å². The number of fused-ring (bicyclic) bond motifs is 1. The van der Waals surface area contributed by atoms with Crippen molar-refractivity contribution < 1.29 is 4.74 Å². The highest BCUT2D eigenvalue weighted by Gasteiger charge is 2.04. The zero-order valence-electron chi connectivity index (χ0n) is 12.4. The maximum Gasteiger partial charge on any atom is 0.120 e. The molecule has 0 N–H and O–H groups in total. The van der Waals surface area contributed by atoms with E-state index in [1.807, 2.05) is 0 Å². The second-order valence-corrected chi connectivity index (χ2v) is 5.46. The van der Waals surface area contributed by atoms with E-state index in [0.717, 1.165) is 12.3 Å². The van der Waals surface area contributed by atoms with Crippen molar-refractivity contribution in [2.24, 2.45) is 0 Å². The highest BCUT2D eigenvalue weighted by molar-refractivity contribution is 5.81. The van der Waals surface area contributed by atoms with Crippen molar-refractivity contribution in [2.45, 2.75) is 59.1 Å². The summed E-state index contributed by atoms with van der Waals surface area (Å²) in [6, 6.07) is 8.57. The molecule has 2 rings (SSSR count). The lowest BCUT2D eigenvalue weighted by Crippen LogP contribution is -2.05. The van der Waals surface area contributed by atoms with Crippen molar-refractivity contribution in [3.05, 3.63) is 30.5 Å². The van der Waals surface area contributed by atoms with Gasteiger partial charge in [0.05, 0.1) is 6.10 Å². The lowest BCUT2D eigenvalue weighted by atomic mass is 10.2. The number of nitrogens with zero attached hydrogens (tertiary/aromatic N) is 1. The molecule has 0 fully saturated rings. The Kier molecular flexibility index (Phi) is 4.89. The van der Waals surface area contributed by atoms with Gasteiger partial charge in [0.1, 0.15) is 5.75 Å². The maximum atomic E-state index is 5.74. The minimum absolute atomic E-state index is 0.230. The van der Waals surface area contributed by atoms with E-state index in [0.29, 0.717) is 0 Å². The predicted molar refractivity (Wildman–Crippen MR) is 81.8 cm³/mol. The highest BCUT2D eigenvalue weighted by Crippen LogP contribution is 2.23. The van der Waals surface area contributed by atoms with E-state index in [9.17, 15) is 0 Å². The Bertz CT molecular complexity index is 513. The largest absolute Gasteiger partial charge is 0.491 e. The Labute approximate surface area is 116 Å². The van der Waals surface area contributed by atoms with Crippen molar-refractivity contribution in [2.75, 3.05) is 0 Å². The van der Waals surface area contributed by atoms with Gasteiger partial charge in [0.15, 0.2) is 0 Å². The number of hydrogen-bond donors (Lipinski definition) is 0. The van der Waals surface area contributed by atoms with Gasteiger partial charge in [0, 0.05) is 23.6 Å². The Balaban J connectivity index is 2.06. The Hall–Kier alpha value is -1.44. The molecule has 2 aromatic rings. The van der Waals surface area contributed by atoms with Crippen molar-refractivity contribution in [1.82, 2.24) is 4.57 Å². The standard InChI is InChI=1S/C17H25NO/c1-4-5-6-7-11-18-12-10-15-13-16(19-14(2)3)8-9-17(15)18/h8-10,12-14H,4-7,11H2,1-3H3. The monoisotopic (exact) mass is 259 g/mol. The van der Waals surface area contributed by atoms with Crippen LogP contribution in [0.5, 0.6) is 5.75 Å². The molecule has 2 heteroatoms. The van der Waals surface area contributed by atoms with Crippen molar-refractivity contribution in [1.29, 1.82) is 0 Å². The summed E-state index contributed by atoms with van der Waals surface area (Å²) in [5, 5.41) is 1.27. The van der Waals surface area contributed by atoms with Gasteiger partial charge in [-0.3, -0.25) is 0 Å². The molecule has 0 aliphatic carbocycles. The number of rotatable bonds is 7. The van der Waals surface area contributed by atoms with E-state index in [1.165, 1.54) is 36.6 Å². The minimum atomic E-state index is 0.230. The third kappa shape index (κ3) is 3.76. The van der Waals surface area contributed by atoms with E-state index < -0.39 is 0 Å². The minimum Gasteiger partial charge on any atom is -0.491 e. The summed E-state index contributed by atoms with van der Waals surface area (Å²) in [4.78, 5) is 0. The Morgan fingerprint density at radius 2 is 1.95 bits per heavy atom. The van der Waals surface area contributed by atoms with Crippen LogP contribution in [-0.2, 0) is 6.54 Å². The molecular formula is C17H25NO. The fraction of sp³-hybridized carbons (Fsp3) is 0.529. The van der Waals surface area contributed by atoms with Gasteiger partial charge < -0.3 is 9.30 Å². The van der Waals surface area contributed by atoms with E-state index in [4.69, 9.17) is 4.74 Å². The number of hydrogen-bond acceptors (Lipinski definition) is 1. The molecule has 0 saturated heterocycles. The van der Waals surface area contributed by atoms with E-state index in [2.05, 4.69) is 55.8 Å². The lowest BCUT2D eigenvalue weighted by Gasteiger charge is -2.10. The Morgan fingerprint density at radius 3 is 2.68 bits per heavy atom. The molecule has 0 aliphatic rings. The first-order valence-corrected chi connectivity index (χ1v) is 7.46. The normalized spacial score (nSPS) is 11.4. The van der Waals surface area contributed by atoms with Crippen LogP contribution in [0.3, 0.4) is 0 Å². The molecule has 1 aromatic carbocycles. The zero-order chi connectivity index (χ0) is 13.7. The molecule has 0 saturated carbocycles. The van der Waals surface area contributed by atoms with Crippen LogP contribution in [0.25, 0.3) is 10.9 Å². The smallest absolute Gasteiger partial charge is 0.120 e. The second-order valence-electron chi connectivity index (χ2n) is 5.46. The average molecular weight is 259 g/mol. The first-order chi connectivity index (χ1) is 9.20. The molecule has 0 bridgehead atoms. The second kappa shape index (κ2) is 6.65. The van der Waals surface area contributed by atoms with Gasteiger partial charge in [-0.1, -0.05) is 26.2 Å². The van der Waals surface area contributed by atoms with Gasteiger partial charge >= 0.3 is 0 Å². The average Bonchev–Trinajstić information content (AvgIpc) is 2.76. The summed E-state index contributed by atoms with van der Waals surface area (Å²) in [7, 11) is 0. The summed E-state index contributed by atoms with van der Waals surface area (Å²) < 4.78 is 8.09. The van der Waals surface area contributed by atoms with E-state index in [1.54, 1.807) is 0 Å². The third-order valence-corrected chi connectivity index (χ3v) is 3.37. The molecule has 0 spiro atoms. The predicted octanol–water partition coefficient (Wildman–Crippen LogP) is 5.01.